The number of piperidine rings is 1. The molecular formula is C26H35NO2SeSi. The van der Waals surface area contributed by atoms with Crippen molar-refractivity contribution in [2.24, 2.45) is 0 Å². The first-order valence-electron chi connectivity index (χ1n) is 11.4. The Labute approximate surface area is 194 Å². The number of carbonyl (C=O) groups excluding carboxylic acids is 1. The Morgan fingerprint density at radius 1 is 0.968 bits per heavy atom. The molecule has 0 spiro atoms. The number of hydrogen-bond donors (Lipinski definition) is 0. The first-order valence-corrected chi connectivity index (χ1v) is 16.2. The van der Waals surface area contributed by atoms with Gasteiger partial charge in [-0.2, -0.15) is 0 Å². The molecule has 2 aromatic rings. The van der Waals surface area contributed by atoms with E-state index >= 15 is 0 Å². The quantitative estimate of drug-likeness (QED) is 0.542. The van der Waals surface area contributed by atoms with Gasteiger partial charge in [0.05, 0.1) is 0 Å². The summed E-state index contributed by atoms with van der Waals surface area (Å²) < 4.78 is 8.22. The average molecular weight is 501 g/mol. The van der Waals surface area contributed by atoms with Crippen molar-refractivity contribution in [2.45, 2.75) is 74.6 Å². The molecule has 0 aromatic heterocycles. The summed E-state index contributed by atoms with van der Waals surface area (Å²) >= 11 is 0.337. The molecule has 3 nitrogen and oxygen atoms in total. The van der Waals surface area contributed by atoms with E-state index in [1.54, 1.807) is 0 Å². The van der Waals surface area contributed by atoms with Crippen molar-refractivity contribution < 1.29 is 9.22 Å². The number of fused-ring (bicyclic) bond motifs is 1. The summed E-state index contributed by atoms with van der Waals surface area (Å²) in [5.74, 6) is 0.275. The van der Waals surface area contributed by atoms with Gasteiger partial charge in [-0.1, -0.05) is 0 Å². The van der Waals surface area contributed by atoms with Crippen LogP contribution in [0.4, 0.5) is 0 Å². The monoisotopic (exact) mass is 501 g/mol. The van der Waals surface area contributed by atoms with Gasteiger partial charge in [-0.25, -0.2) is 0 Å². The molecule has 0 bridgehead atoms. The summed E-state index contributed by atoms with van der Waals surface area (Å²) in [7, 11) is -1.87. The molecule has 2 saturated heterocycles. The van der Waals surface area contributed by atoms with Crippen molar-refractivity contribution in [1.82, 2.24) is 4.90 Å². The molecule has 5 heteroatoms. The van der Waals surface area contributed by atoms with Crippen LogP contribution in [0.1, 0.15) is 45.1 Å². The number of hydrogen-bond acceptors (Lipinski definition) is 2. The molecule has 2 aromatic carbocycles. The van der Waals surface area contributed by atoms with Gasteiger partial charge >= 0.3 is 195 Å². The Bertz CT molecular complexity index is 897. The van der Waals surface area contributed by atoms with Crippen LogP contribution in [-0.4, -0.2) is 52.8 Å². The normalized spacial score (nSPS) is 26.7. The van der Waals surface area contributed by atoms with Crippen molar-refractivity contribution in [2.75, 3.05) is 6.54 Å². The molecule has 166 valence electrons. The van der Waals surface area contributed by atoms with E-state index in [4.69, 9.17) is 4.43 Å². The fourth-order valence-corrected chi connectivity index (χ4v) is 8.79. The van der Waals surface area contributed by atoms with Gasteiger partial charge < -0.3 is 0 Å². The van der Waals surface area contributed by atoms with Crippen molar-refractivity contribution >= 4 is 33.6 Å². The van der Waals surface area contributed by atoms with Gasteiger partial charge in [0, 0.05) is 0 Å². The summed E-state index contributed by atoms with van der Waals surface area (Å²) in [6, 6.07) is 21.5. The number of carbonyl (C=O) groups is 1. The summed E-state index contributed by atoms with van der Waals surface area (Å²) in [4.78, 5) is 16.3. The topological polar surface area (TPSA) is 29.5 Å². The van der Waals surface area contributed by atoms with Crippen molar-refractivity contribution in [3.8, 4) is 0 Å². The summed E-state index contributed by atoms with van der Waals surface area (Å²) in [5.41, 5.74) is 1.16. The van der Waals surface area contributed by atoms with Crippen LogP contribution in [0.15, 0.2) is 60.7 Å². The third-order valence-corrected chi connectivity index (χ3v) is 14.7. The van der Waals surface area contributed by atoms with Crippen molar-refractivity contribution in [1.29, 1.82) is 0 Å². The third-order valence-electron chi connectivity index (χ3n) is 7.28. The van der Waals surface area contributed by atoms with E-state index < -0.39 is 8.32 Å². The zero-order chi connectivity index (χ0) is 22.2. The van der Waals surface area contributed by atoms with Crippen LogP contribution in [0, 0.1) is 0 Å². The minimum atomic E-state index is -1.87. The Morgan fingerprint density at radius 3 is 2.19 bits per heavy atom. The van der Waals surface area contributed by atoms with E-state index in [1.165, 1.54) is 4.46 Å². The molecule has 0 saturated carbocycles. The maximum absolute atomic E-state index is 13.6. The van der Waals surface area contributed by atoms with Crippen molar-refractivity contribution in [3.63, 3.8) is 0 Å². The fraction of sp³-hybridized carbons (Fsp3) is 0.500. The van der Waals surface area contributed by atoms with Crippen LogP contribution in [0.3, 0.4) is 0 Å². The Kier molecular flexibility index (Phi) is 6.51. The zero-order valence-electron chi connectivity index (χ0n) is 19.4. The first-order chi connectivity index (χ1) is 14.7. The number of amides is 1. The predicted octanol–water partition coefficient (Wildman–Crippen LogP) is 4.98. The molecule has 31 heavy (non-hydrogen) atoms. The van der Waals surface area contributed by atoms with E-state index in [0.717, 1.165) is 24.9 Å². The Morgan fingerprint density at radius 2 is 1.58 bits per heavy atom. The molecule has 0 N–H and O–H groups in total. The number of rotatable bonds is 5. The van der Waals surface area contributed by atoms with Gasteiger partial charge in [-0.05, 0) is 0 Å². The second-order valence-electron chi connectivity index (χ2n) is 10.5. The number of nitrogens with zero attached hydrogens (tertiary/aromatic N) is 1. The Hall–Kier alpha value is -1.39. The van der Waals surface area contributed by atoms with Gasteiger partial charge in [0.2, 0.25) is 0 Å². The Balaban J connectivity index is 1.59. The fourth-order valence-electron chi connectivity index (χ4n) is 4.57. The molecule has 0 aliphatic carbocycles. The molecular weight excluding hydrogens is 465 g/mol. The molecule has 4 rings (SSSR count). The molecule has 1 amide bonds. The minimum absolute atomic E-state index is 0.0281. The van der Waals surface area contributed by atoms with E-state index in [-0.39, 0.29) is 17.1 Å². The second-order valence-corrected chi connectivity index (χ2v) is 18.0. The van der Waals surface area contributed by atoms with Gasteiger partial charge in [0.25, 0.3) is 0 Å². The molecule has 0 unspecified atom stereocenters. The summed E-state index contributed by atoms with van der Waals surface area (Å²) in [6.07, 6.45) is 2.10. The first kappa shape index (κ1) is 22.8. The third kappa shape index (κ3) is 4.85. The zero-order valence-corrected chi connectivity index (χ0v) is 22.1. The summed E-state index contributed by atoms with van der Waals surface area (Å²) in [6.45, 7) is 12.3. The number of benzene rings is 2. The average Bonchev–Trinajstić information content (AvgIpc) is 3.14. The van der Waals surface area contributed by atoms with E-state index in [9.17, 15) is 4.79 Å². The van der Waals surface area contributed by atoms with Crippen LogP contribution in [-0.2, 0) is 9.22 Å². The maximum atomic E-state index is 13.6. The van der Waals surface area contributed by atoms with E-state index in [0.29, 0.717) is 31.7 Å². The van der Waals surface area contributed by atoms with Gasteiger partial charge in [-0.3, -0.25) is 0 Å². The van der Waals surface area contributed by atoms with Crippen molar-refractivity contribution in [3.05, 3.63) is 66.2 Å². The molecule has 2 heterocycles. The van der Waals surface area contributed by atoms with Gasteiger partial charge in [0.1, 0.15) is 0 Å². The van der Waals surface area contributed by atoms with E-state index in [2.05, 4.69) is 93.4 Å². The van der Waals surface area contributed by atoms with Crippen LogP contribution in [0.25, 0.3) is 0 Å². The SMILES string of the molecule is CC(C)(C)[Si](C)(C)O[C@@H]1C[C@@H]2[C@@H]([Se]c3ccccc3)C[C@@H](c3ccccc3)C(=O)N2C1. The van der Waals surface area contributed by atoms with Gasteiger partial charge in [-0.15, -0.1) is 0 Å². The standard InChI is InChI=1S/C26H35NO2SeSi/c1-26(2,3)31(4,5)29-20-16-23-24(30-21-14-10-7-11-15-21)17-22(25(28)27(23)18-20)19-12-8-6-9-13-19/h6-15,20,22-24H,16-18H2,1-5H3/t20-,22+,23-,24+/m1/s1. The summed E-state index contributed by atoms with van der Waals surface area (Å²) in [5, 5.41) is 0.181. The van der Waals surface area contributed by atoms with Gasteiger partial charge in [0.15, 0.2) is 0 Å². The second kappa shape index (κ2) is 8.86. The van der Waals surface area contributed by atoms with Crippen LogP contribution >= 0.6 is 0 Å². The molecule has 2 aliphatic heterocycles. The molecule has 2 aliphatic rings. The predicted molar refractivity (Wildman–Crippen MR) is 132 cm³/mol. The van der Waals surface area contributed by atoms with E-state index in [1.807, 2.05) is 6.07 Å². The van der Waals surface area contributed by atoms with Crippen LogP contribution in [0.5, 0.6) is 0 Å². The van der Waals surface area contributed by atoms with Crippen LogP contribution in [0.2, 0.25) is 22.9 Å². The van der Waals surface area contributed by atoms with Crippen LogP contribution < -0.4 is 4.46 Å². The molecule has 0 radical (unpaired) electrons. The molecule has 4 atom stereocenters. The molecule has 2 fully saturated rings.